The van der Waals surface area contributed by atoms with Gasteiger partial charge in [0.2, 0.25) is 0 Å². The lowest BCUT2D eigenvalue weighted by atomic mass is 10.2. The van der Waals surface area contributed by atoms with E-state index in [1.165, 1.54) is 7.11 Å². The van der Waals surface area contributed by atoms with Gasteiger partial charge in [0, 0.05) is 12.1 Å². The van der Waals surface area contributed by atoms with Crippen molar-refractivity contribution in [1.29, 1.82) is 0 Å². The zero-order chi connectivity index (χ0) is 10.7. The molecule has 0 unspecified atom stereocenters. The standard InChI is InChI=1S/C8H9F2IN2O/c1-14-7-4(3-12)2-5(11)13-6(7)8(9)10/h2,8H,3,12H2,1H3. The molecular weight excluding hydrogens is 305 g/mol. The molecule has 2 N–H and O–H groups in total. The number of hydrogen-bond acceptors (Lipinski definition) is 3. The third-order valence-electron chi connectivity index (χ3n) is 1.68. The van der Waals surface area contributed by atoms with E-state index in [1.807, 2.05) is 22.6 Å². The average Bonchev–Trinajstić information content (AvgIpc) is 2.16. The van der Waals surface area contributed by atoms with E-state index >= 15 is 0 Å². The number of ether oxygens (including phenoxy) is 1. The van der Waals surface area contributed by atoms with Gasteiger partial charge < -0.3 is 10.5 Å². The molecule has 0 saturated carbocycles. The van der Waals surface area contributed by atoms with Crippen LogP contribution in [0.4, 0.5) is 8.78 Å². The lowest BCUT2D eigenvalue weighted by Crippen LogP contribution is -2.06. The second kappa shape index (κ2) is 4.83. The van der Waals surface area contributed by atoms with Crippen molar-refractivity contribution in [2.24, 2.45) is 5.73 Å². The monoisotopic (exact) mass is 314 g/mol. The Morgan fingerprint density at radius 2 is 2.29 bits per heavy atom. The first kappa shape index (κ1) is 11.6. The van der Waals surface area contributed by atoms with E-state index in [0.29, 0.717) is 9.26 Å². The molecule has 0 aliphatic rings. The Balaban J connectivity index is 3.31. The minimum Gasteiger partial charge on any atom is -0.494 e. The Morgan fingerprint density at radius 3 is 2.71 bits per heavy atom. The second-order valence-electron chi connectivity index (χ2n) is 2.53. The molecule has 1 heterocycles. The molecule has 0 fully saturated rings. The molecule has 0 bridgehead atoms. The number of methoxy groups -OCH3 is 1. The highest BCUT2D eigenvalue weighted by atomic mass is 127. The molecule has 0 spiro atoms. The number of pyridine rings is 1. The van der Waals surface area contributed by atoms with Crippen LogP contribution in [0, 0.1) is 3.70 Å². The van der Waals surface area contributed by atoms with Crippen LogP contribution in [0.3, 0.4) is 0 Å². The summed E-state index contributed by atoms with van der Waals surface area (Å²) in [5.74, 6) is 0.0860. The number of halogens is 3. The van der Waals surface area contributed by atoms with Crippen LogP contribution >= 0.6 is 22.6 Å². The number of hydrogen-bond donors (Lipinski definition) is 1. The van der Waals surface area contributed by atoms with E-state index in [2.05, 4.69) is 4.98 Å². The lowest BCUT2D eigenvalue weighted by Gasteiger charge is -2.11. The van der Waals surface area contributed by atoms with Gasteiger partial charge in [-0.25, -0.2) is 13.8 Å². The second-order valence-corrected chi connectivity index (χ2v) is 3.63. The van der Waals surface area contributed by atoms with E-state index in [0.717, 1.165) is 0 Å². The van der Waals surface area contributed by atoms with Crippen LogP contribution in [0.1, 0.15) is 17.7 Å². The summed E-state index contributed by atoms with van der Waals surface area (Å²) in [6, 6.07) is 1.63. The number of alkyl halides is 2. The molecule has 1 aromatic heterocycles. The van der Waals surface area contributed by atoms with Gasteiger partial charge >= 0.3 is 0 Å². The Labute approximate surface area is 93.8 Å². The van der Waals surface area contributed by atoms with Crippen LogP contribution in [-0.4, -0.2) is 12.1 Å². The number of rotatable bonds is 3. The fraction of sp³-hybridized carbons (Fsp3) is 0.375. The third kappa shape index (κ3) is 2.30. The summed E-state index contributed by atoms with van der Waals surface area (Å²) < 4.78 is 30.4. The number of aromatic nitrogens is 1. The highest BCUT2D eigenvalue weighted by Gasteiger charge is 2.19. The van der Waals surface area contributed by atoms with E-state index in [1.54, 1.807) is 6.07 Å². The summed E-state index contributed by atoms with van der Waals surface area (Å²) in [6.07, 6.45) is -2.65. The molecule has 14 heavy (non-hydrogen) atoms. The highest BCUT2D eigenvalue weighted by Crippen LogP contribution is 2.31. The summed E-state index contributed by atoms with van der Waals surface area (Å²) in [6.45, 7) is 0.154. The van der Waals surface area contributed by atoms with Crippen molar-refractivity contribution in [3.8, 4) is 5.75 Å². The maximum Gasteiger partial charge on any atom is 0.284 e. The Bertz CT molecular complexity index is 333. The molecule has 6 heteroatoms. The zero-order valence-electron chi connectivity index (χ0n) is 7.43. The van der Waals surface area contributed by atoms with Crippen LogP contribution in [0.2, 0.25) is 0 Å². The van der Waals surface area contributed by atoms with Crippen LogP contribution in [0.5, 0.6) is 5.75 Å². The summed E-state index contributed by atoms with van der Waals surface area (Å²) in [4.78, 5) is 3.71. The van der Waals surface area contributed by atoms with Gasteiger partial charge in [0.25, 0.3) is 6.43 Å². The first-order valence-electron chi connectivity index (χ1n) is 3.81. The fourth-order valence-corrected chi connectivity index (χ4v) is 1.74. The highest BCUT2D eigenvalue weighted by molar-refractivity contribution is 14.1. The fourth-order valence-electron chi connectivity index (χ4n) is 1.11. The van der Waals surface area contributed by atoms with Crippen molar-refractivity contribution in [3.05, 3.63) is 21.0 Å². The lowest BCUT2D eigenvalue weighted by molar-refractivity contribution is 0.141. The van der Waals surface area contributed by atoms with Gasteiger partial charge in [-0.3, -0.25) is 0 Å². The quantitative estimate of drug-likeness (QED) is 0.686. The largest absolute Gasteiger partial charge is 0.494 e. The van der Waals surface area contributed by atoms with Crippen molar-refractivity contribution in [2.75, 3.05) is 7.11 Å². The number of nitrogens with zero attached hydrogens (tertiary/aromatic N) is 1. The maximum atomic E-state index is 12.5. The molecular formula is C8H9F2IN2O. The Hall–Kier alpha value is -0.500. The van der Waals surface area contributed by atoms with Gasteiger partial charge in [0.05, 0.1) is 7.11 Å². The normalized spacial score (nSPS) is 10.7. The maximum absolute atomic E-state index is 12.5. The molecule has 78 valence electrons. The van der Waals surface area contributed by atoms with Gasteiger partial charge in [-0.15, -0.1) is 0 Å². The van der Waals surface area contributed by atoms with Gasteiger partial charge in [-0.2, -0.15) is 0 Å². The van der Waals surface area contributed by atoms with Crippen LogP contribution < -0.4 is 10.5 Å². The summed E-state index contributed by atoms with van der Waals surface area (Å²) in [5.41, 5.74) is 5.60. The zero-order valence-corrected chi connectivity index (χ0v) is 9.59. The van der Waals surface area contributed by atoms with E-state index in [4.69, 9.17) is 10.5 Å². The first-order chi connectivity index (χ1) is 6.60. The third-order valence-corrected chi connectivity index (χ3v) is 2.23. The van der Waals surface area contributed by atoms with E-state index in [-0.39, 0.29) is 18.0 Å². The summed E-state index contributed by atoms with van der Waals surface area (Å²) >= 11 is 1.87. The van der Waals surface area contributed by atoms with Crippen molar-refractivity contribution < 1.29 is 13.5 Å². The van der Waals surface area contributed by atoms with Gasteiger partial charge in [0.15, 0.2) is 5.75 Å². The molecule has 0 atom stereocenters. The Kier molecular flexibility index (Phi) is 3.99. The minimum absolute atomic E-state index is 0.0860. The van der Waals surface area contributed by atoms with Crippen LogP contribution in [0.15, 0.2) is 6.07 Å². The molecule has 0 amide bonds. The van der Waals surface area contributed by atoms with Crippen LogP contribution in [-0.2, 0) is 6.54 Å². The molecule has 0 aromatic carbocycles. The predicted octanol–water partition coefficient (Wildman–Crippen LogP) is 2.09. The molecule has 3 nitrogen and oxygen atoms in total. The van der Waals surface area contributed by atoms with Crippen molar-refractivity contribution in [3.63, 3.8) is 0 Å². The van der Waals surface area contributed by atoms with Crippen LogP contribution in [0.25, 0.3) is 0 Å². The summed E-state index contributed by atoms with van der Waals surface area (Å²) in [7, 11) is 1.33. The smallest absolute Gasteiger partial charge is 0.284 e. The molecule has 0 radical (unpaired) electrons. The predicted molar refractivity (Wildman–Crippen MR) is 56.4 cm³/mol. The molecule has 0 aliphatic heterocycles. The van der Waals surface area contributed by atoms with E-state index < -0.39 is 6.43 Å². The van der Waals surface area contributed by atoms with Crippen molar-refractivity contribution in [1.82, 2.24) is 4.98 Å². The van der Waals surface area contributed by atoms with Crippen molar-refractivity contribution in [2.45, 2.75) is 13.0 Å². The molecule has 0 saturated heterocycles. The first-order valence-corrected chi connectivity index (χ1v) is 4.89. The molecule has 1 aromatic rings. The van der Waals surface area contributed by atoms with Gasteiger partial charge in [-0.1, -0.05) is 0 Å². The van der Waals surface area contributed by atoms with Gasteiger partial charge in [-0.05, 0) is 28.7 Å². The molecule has 1 rings (SSSR count). The van der Waals surface area contributed by atoms with Crippen molar-refractivity contribution >= 4 is 22.6 Å². The minimum atomic E-state index is -2.65. The molecule has 0 aliphatic carbocycles. The SMILES string of the molecule is COc1c(CN)cc(I)nc1C(F)F. The Morgan fingerprint density at radius 1 is 1.64 bits per heavy atom. The van der Waals surface area contributed by atoms with Gasteiger partial charge in [0.1, 0.15) is 9.39 Å². The van der Waals surface area contributed by atoms with E-state index in [9.17, 15) is 8.78 Å². The average molecular weight is 314 g/mol. The number of nitrogens with two attached hydrogens (primary N) is 1. The topological polar surface area (TPSA) is 48.1 Å². The summed E-state index contributed by atoms with van der Waals surface area (Å²) in [5, 5.41) is 0.